The van der Waals surface area contributed by atoms with Crippen LogP contribution in [0.25, 0.3) is 0 Å². The Labute approximate surface area is 184 Å². The maximum absolute atomic E-state index is 13.2. The summed E-state index contributed by atoms with van der Waals surface area (Å²) >= 11 is 0. The van der Waals surface area contributed by atoms with Gasteiger partial charge in [0.1, 0.15) is 5.82 Å². The molecule has 0 fully saturated rings. The lowest BCUT2D eigenvalue weighted by molar-refractivity contribution is -0.137. The Morgan fingerprint density at radius 2 is 1.59 bits per heavy atom. The molecule has 0 saturated carbocycles. The van der Waals surface area contributed by atoms with Gasteiger partial charge in [-0.25, -0.2) is 4.98 Å². The highest BCUT2D eigenvalue weighted by molar-refractivity contribution is 6.05. The molecule has 3 aromatic rings. The Bertz CT molecular complexity index is 1080. The Kier molecular flexibility index (Phi) is 6.97. The second-order valence-electron chi connectivity index (χ2n) is 7.06. The molecule has 1 aromatic heterocycles. The Balaban J connectivity index is 1.74. The molecule has 2 aromatic carbocycles. The standard InChI is InChI=1S/C23H24F3N5O/c1-4-31(5-2)20-14-15(3)27-22(30-20)29-17-12-10-16(11-13-17)28-21(32)18-8-6-7-9-19(18)23(24,25)26/h6-14H,4-5H2,1-3H3,(H,28,32)(H,27,29,30). The van der Waals surface area contributed by atoms with Crippen molar-refractivity contribution in [2.75, 3.05) is 28.6 Å². The minimum absolute atomic E-state index is 0.367. The quantitative estimate of drug-likeness (QED) is 0.494. The summed E-state index contributed by atoms with van der Waals surface area (Å²) in [7, 11) is 0. The molecular weight excluding hydrogens is 419 g/mol. The molecule has 0 saturated heterocycles. The molecule has 0 unspecified atom stereocenters. The molecule has 3 rings (SSSR count). The van der Waals surface area contributed by atoms with Crippen molar-refractivity contribution in [3.63, 3.8) is 0 Å². The van der Waals surface area contributed by atoms with Crippen LogP contribution in [0.2, 0.25) is 0 Å². The van der Waals surface area contributed by atoms with Gasteiger partial charge in [0.25, 0.3) is 5.91 Å². The second kappa shape index (κ2) is 9.67. The molecule has 168 valence electrons. The van der Waals surface area contributed by atoms with E-state index in [1.54, 1.807) is 24.3 Å². The summed E-state index contributed by atoms with van der Waals surface area (Å²) in [5.41, 5.74) is 0.452. The summed E-state index contributed by atoms with van der Waals surface area (Å²) < 4.78 is 39.5. The second-order valence-corrected chi connectivity index (χ2v) is 7.06. The number of rotatable bonds is 7. The molecule has 1 amide bonds. The van der Waals surface area contributed by atoms with Gasteiger partial charge in [0.05, 0.1) is 11.1 Å². The Morgan fingerprint density at radius 1 is 0.969 bits per heavy atom. The number of aryl methyl sites for hydroxylation is 1. The Morgan fingerprint density at radius 3 is 2.22 bits per heavy atom. The van der Waals surface area contributed by atoms with E-state index in [-0.39, 0.29) is 0 Å². The number of carbonyl (C=O) groups excluding carboxylic acids is 1. The van der Waals surface area contributed by atoms with Gasteiger partial charge in [-0.05, 0) is 57.2 Å². The fourth-order valence-electron chi connectivity index (χ4n) is 3.21. The van der Waals surface area contributed by atoms with Gasteiger partial charge in [-0.2, -0.15) is 18.2 Å². The maximum atomic E-state index is 13.2. The molecule has 1 heterocycles. The zero-order valence-electron chi connectivity index (χ0n) is 18.0. The van der Waals surface area contributed by atoms with Crippen LogP contribution in [0.3, 0.4) is 0 Å². The summed E-state index contributed by atoms with van der Waals surface area (Å²) in [4.78, 5) is 23.4. The summed E-state index contributed by atoms with van der Waals surface area (Å²) in [6.45, 7) is 7.62. The number of anilines is 4. The lowest BCUT2D eigenvalue weighted by atomic mass is 10.1. The van der Waals surface area contributed by atoms with Crippen molar-refractivity contribution in [2.24, 2.45) is 0 Å². The van der Waals surface area contributed by atoms with Crippen molar-refractivity contribution in [3.8, 4) is 0 Å². The van der Waals surface area contributed by atoms with Crippen LogP contribution in [-0.2, 0) is 6.18 Å². The molecule has 9 heteroatoms. The predicted molar refractivity (Wildman–Crippen MR) is 119 cm³/mol. The van der Waals surface area contributed by atoms with Gasteiger partial charge >= 0.3 is 6.18 Å². The highest BCUT2D eigenvalue weighted by Gasteiger charge is 2.34. The molecule has 0 aliphatic rings. The van der Waals surface area contributed by atoms with Crippen molar-refractivity contribution in [2.45, 2.75) is 26.9 Å². The SMILES string of the molecule is CCN(CC)c1cc(C)nc(Nc2ccc(NC(=O)c3ccccc3C(F)(F)F)cc2)n1. The van der Waals surface area contributed by atoms with Gasteiger partial charge in [-0.3, -0.25) is 4.79 Å². The number of hydrogen-bond donors (Lipinski definition) is 2. The third-order valence-electron chi connectivity index (χ3n) is 4.80. The van der Waals surface area contributed by atoms with Gasteiger partial charge in [-0.1, -0.05) is 12.1 Å². The zero-order valence-corrected chi connectivity index (χ0v) is 18.0. The molecular formula is C23H24F3N5O. The highest BCUT2D eigenvalue weighted by Crippen LogP contribution is 2.32. The lowest BCUT2D eigenvalue weighted by Gasteiger charge is -2.20. The van der Waals surface area contributed by atoms with Crippen molar-refractivity contribution in [3.05, 3.63) is 71.4 Å². The van der Waals surface area contributed by atoms with E-state index in [1.807, 2.05) is 26.8 Å². The summed E-state index contributed by atoms with van der Waals surface area (Å²) in [6, 6.07) is 13.2. The topological polar surface area (TPSA) is 70.2 Å². The van der Waals surface area contributed by atoms with Crippen molar-refractivity contribution >= 4 is 29.0 Å². The molecule has 32 heavy (non-hydrogen) atoms. The van der Waals surface area contributed by atoms with Gasteiger partial charge in [0.2, 0.25) is 5.95 Å². The van der Waals surface area contributed by atoms with Crippen LogP contribution >= 0.6 is 0 Å². The van der Waals surface area contributed by atoms with Crippen LogP contribution in [0.1, 0.15) is 35.5 Å². The van der Waals surface area contributed by atoms with Crippen molar-refractivity contribution < 1.29 is 18.0 Å². The maximum Gasteiger partial charge on any atom is 0.417 e. The first-order valence-corrected chi connectivity index (χ1v) is 10.2. The van der Waals surface area contributed by atoms with Crippen LogP contribution < -0.4 is 15.5 Å². The van der Waals surface area contributed by atoms with Crippen LogP contribution in [0.4, 0.5) is 36.3 Å². The molecule has 0 aliphatic carbocycles. The van der Waals surface area contributed by atoms with Crippen LogP contribution in [0, 0.1) is 6.92 Å². The zero-order chi connectivity index (χ0) is 23.3. The average Bonchev–Trinajstić information content (AvgIpc) is 2.75. The molecule has 0 atom stereocenters. The van der Waals surface area contributed by atoms with E-state index in [4.69, 9.17) is 0 Å². The number of nitrogens with zero attached hydrogens (tertiary/aromatic N) is 3. The summed E-state index contributed by atoms with van der Waals surface area (Å²) in [5.74, 6) is 0.421. The number of benzene rings is 2. The normalized spacial score (nSPS) is 11.2. The average molecular weight is 443 g/mol. The van der Waals surface area contributed by atoms with E-state index >= 15 is 0 Å². The van der Waals surface area contributed by atoms with Crippen LogP contribution in [0.5, 0.6) is 0 Å². The van der Waals surface area contributed by atoms with E-state index in [1.165, 1.54) is 12.1 Å². The molecule has 0 spiro atoms. The number of carbonyl (C=O) groups is 1. The fourth-order valence-corrected chi connectivity index (χ4v) is 3.21. The number of hydrogen-bond acceptors (Lipinski definition) is 5. The molecule has 0 radical (unpaired) electrons. The number of alkyl halides is 3. The third kappa shape index (κ3) is 5.54. The van der Waals surface area contributed by atoms with E-state index in [9.17, 15) is 18.0 Å². The molecule has 2 N–H and O–H groups in total. The molecule has 0 bridgehead atoms. The van der Waals surface area contributed by atoms with Crippen LogP contribution in [0.15, 0.2) is 54.6 Å². The van der Waals surface area contributed by atoms with E-state index in [0.717, 1.165) is 36.7 Å². The predicted octanol–water partition coefficient (Wildman–Crippen LogP) is 5.65. The smallest absolute Gasteiger partial charge is 0.357 e. The first-order chi connectivity index (χ1) is 15.2. The van der Waals surface area contributed by atoms with E-state index in [0.29, 0.717) is 17.3 Å². The largest absolute Gasteiger partial charge is 0.417 e. The van der Waals surface area contributed by atoms with Gasteiger partial charge in [0, 0.05) is 36.2 Å². The Hall–Kier alpha value is -3.62. The van der Waals surface area contributed by atoms with Crippen LogP contribution in [-0.4, -0.2) is 29.0 Å². The van der Waals surface area contributed by atoms with E-state index < -0.39 is 23.2 Å². The number of amides is 1. The number of nitrogens with one attached hydrogen (secondary N) is 2. The monoisotopic (exact) mass is 443 g/mol. The van der Waals surface area contributed by atoms with Crippen molar-refractivity contribution in [1.29, 1.82) is 0 Å². The first-order valence-electron chi connectivity index (χ1n) is 10.2. The number of halogens is 3. The summed E-state index contributed by atoms with van der Waals surface area (Å²) in [5, 5.41) is 5.62. The fraction of sp³-hybridized carbons (Fsp3) is 0.261. The van der Waals surface area contributed by atoms with Gasteiger partial charge < -0.3 is 15.5 Å². The van der Waals surface area contributed by atoms with Crippen molar-refractivity contribution in [1.82, 2.24) is 9.97 Å². The summed E-state index contributed by atoms with van der Waals surface area (Å²) in [6.07, 6.45) is -4.61. The van der Waals surface area contributed by atoms with Gasteiger partial charge in [0.15, 0.2) is 0 Å². The third-order valence-corrected chi connectivity index (χ3v) is 4.80. The van der Waals surface area contributed by atoms with Gasteiger partial charge in [-0.15, -0.1) is 0 Å². The lowest BCUT2D eigenvalue weighted by Crippen LogP contribution is -2.23. The first kappa shape index (κ1) is 23.1. The number of aromatic nitrogens is 2. The highest BCUT2D eigenvalue weighted by atomic mass is 19.4. The van der Waals surface area contributed by atoms with E-state index in [2.05, 4.69) is 25.5 Å². The molecule has 0 aliphatic heterocycles. The minimum atomic E-state index is -4.61. The minimum Gasteiger partial charge on any atom is -0.357 e. The molecule has 6 nitrogen and oxygen atoms in total.